The second-order valence-electron chi connectivity index (χ2n) is 5.41. The lowest BCUT2D eigenvalue weighted by Crippen LogP contribution is -2.11. The highest BCUT2D eigenvalue weighted by Gasteiger charge is 2.20. The summed E-state index contributed by atoms with van der Waals surface area (Å²) in [4.78, 5) is 12.6. The molecule has 24 heavy (non-hydrogen) atoms. The number of esters is 1. The van der Waals surface area contributed by atoms with Crippen molar-refractivity contribution in [3.05, 3.63) is 65.7 Å². The van der Waals surface area contributed by atoms with Crippen molar-refractivity contribution < 1.29 is 19.0 Å². The van der Waals surface area contributed by atoms with Crippen LogP contribution in [0, 0.1) is 6.92 Å². The van der Waals surface area contributed by atoms with Crippen LogP contribution in [0.3, 0.4) is 0 Å². The Morgan fingerprint density at radius 1 is 0.875 bits per heavy atom. The second kappa shape index (κ2) is 6.62. The largest absolute Gasteiger partial charge is 0.496 e. The third-order valence-electron chi connectivity index (χ3n) is 3.80. The first-order valence-electron chi connectivity index (χ1n) is 7.56. The van der Waals surface area contributed by atoms with Crippen LogP contribution < -0.4 is 14.2 Å². The fourth-order valence-corrected chi connectivity index (χ4v) is 2.67. The lowest BCUT2D eigenvalue weighted by molar-refractivity contribution is 0.0731. The van der Waals surface area contributed by atoms with Crippen LogP contribution in [0.25, 0.3) is 10.8 Å². The van der Waals surface area contributed by atoms with E-state index < -0.39 is 5.97 Å². The number of fused-ring (bicyclic) bond motifs is 1. The molecule has 122 valence electrons. The van der Waals surface area contributed by atoms with Gasteiger partial charge >= 0.3 is 5.97 Å². The highest BCUT2D eigenvalue weighted by molar-refractivity contribution is 6.04. The van der Waals surface area contributed by atoms with Gasteiger partial charge in [0, 0.05) is 10.8 Å². The zero-order chi connectivity index (χ0) is 17.1. The number of methoxy groups -OCH3 is 2. The molecular weight excluding hydrogens is 304 g/mol. The third kappa shape index (κ3) is 2.91. The van der Waals surface area contributed by atoms with Gasteiger partial charge in [-0.1, -0.05) is 35.9 Å². The highest BCUT2D eigenvalue weighted by Crippen LogP contribution is 2.37. The Hall–Kier alpha value is -3.01. The molecule has 0 N–H and O–H groups in total. The SMILES string of the molecule is COc1cc(C(=O)Oc2ccccc2)c(OC)c2ccc(C)cc12. The molecule has 3 rings (SSSR count). The Bertz CT molecular complexity index is 885. The molecule has 4 nitrogen and oxygen atoms in total. The molecule has 0 spiro atoms. The lowest BCUT2D eigenvalue weighted by Gasteiger charge is -2.15. The van der Waals surface area contributed by atoms with Gasteiger partial charge in [0.25, 0.3) is 0 Å². The van der Waals surface area contributed by atoms with Gasteiger partial charge in [-0.2, -0.15) is 0 Å². The molecule has 3 aromatic rings. The van der Waals surface area contributed by atoms with Gasteiger partial charge in [-0.25, -0.2) is 4.79 Å². The predicted octanol–water partition coefficient (Wildman–Crippen LogP) is 4.38. The van der Waals surface area contributed by atoms with E-state index in [4.69, 9.17) is 14.2 Å². The van der Waals surface area contributed by atoms with Crippen molar-refractivity contribution in [2.24, 2.45) is 0 Å². The van der Waals surface area contributed by atoms with Gasteiger partial charge < -0.3 is 14.2 Å². The summed E-state index contributed by atoms with van der Waals surface area (Å²) >= 11 is 0. The molecule has 0 aliphatic heterocycles. The first-order valence-corrected chi connectivity index (χ1v) is 7.56. The normalized spacial score (nSPS) is 10.5. The van der Waals surface area contributed by atoms with Gasteiger partial charge in [-0.3, -0.25) is 0 Å². The van der Waals surface area contributed by atoms with E-state index in [0.717, 1.165) is 16.3 Å². The minimum atomic E-state index is -0.487. The molecule has 0 aliphatic rings. The number of carbonyl (C=O) groups is 1. The Labute approximate surface area is 140 Å². The molecular formula is C20H18O4. The Balaban J connectivity index is 2.13. The minimum absolute atomic E-state index is 0.328. The number of benzene rings is 3. The van der Waals surface area contributed by atoms with Crippen LogP contribution in [0.2, 0.25) is 0 Å². The molecule has 0 saturated heterocycles. The van der Waals surface area contributed by atoms with Crippen molar-refractivity contribution >= 4 is 16.7 Å². The fourth-order valence-electron chi connectivity index (χ4n) is 2.67. The van der Waals surface area contributed by atoms with Crippen molar-refractivity contribution in [3.63, 3.8) is 0 Å². The predicted molar refractivity (Wildman–Crippen MR) is 93.2 cm³/mol. The molecule has 0 atom stereocenters. The number of carbonyl (C=O) groups excluding carboxylic acids is 1. The number of rotatable bonds is 4. The summed E-state index contributed by atoms with van der Waals surface area (Å²) in [7, 11) is 3.12. The fraction of sp³-hybridized carbons (Fsp3) is 0.150. The molecule has 0 heterocycles. The third-order valence-corrected chi connectivity index (χ3v) is 3.80. The number of ether oxygens (including phenoxy) is 3. The van der Waals surface area contributed by atoms with E-state index in [-0.39, 0.29) is 0 Å². The number of para-hydroxylation sites is 1. The number of hydrogen-bond donors (Lipinski definition) is 0. The molecule has 0 aromatic heterocycles. The summed E-state index contributed by atoms with van der Waals surface area (Å²) in [6.07, 6.45) is 0. The van der Waals surface area contributed by atoms with Crippen molar-refractivity contribution in [1.82, 2.24) is 0 Å². The monoisotopic (exact) mass is 322 g/mol. The lowest BCUT2D eigenvalue weighted by atomic mass is 10.0. The molecule has 4 heteroatoms. The summed E-state index contributed by atoms with van der Waals surface area (Å²) in [5.41, 5.74) is 1.43. The zero-order valence-corrected chi connectivity index (χ0v) is 13.8. The van der Waals surface area contributed by atoms with Gasteiger partial charge in [-0.05, 0) is 31.2 Å². The Morgan fingerprint density at radius 3 is 2.29 bits per heavy atom. The molecule has 0 saturated carbocycles. The van der Waals surface area contributed by atoms with Crippen molar-refractivity contribution in [3.8, 4) is 17.2 Å². The maximum Gasteiger partial charge on any atom is 0.347 e. The summed E-state index contributed by atoms with van der Waals surface area (Å²) in [5, 5.41) is 1.70. The van der Waals surface area contributed by atoms with E-state index in [2.05, 4.69) is 0 Å². The maximum absolute atomic E-state index is 12.6. The van der Waals surface area contributed by atoms with E-state index in [1.54, 1.807) is 32.4 Å². The van der Waals surface area contributed by atoms with Crippen LogP contribution in [0.4, 0.5) is 0 Å². The molecule has 3 aromatic carbocycles. The maximum atomic E-state index is 12.6. The van der Waals surface area contributed by atoms with Gasteiger partial charge in [-0.15, -0.1) is 0 Å². The second-order valence-corrected chi connectivity index (χ2v) is 5.41. The molecule has 0 radical (unpaired) electrons. The van der Waals surface area contributed by atoms with Crippen LogP contribution in [0.15, 0.2) is 54.6 Å². The van der Waals surface area contributed by atoms with E-state index in [0.29, 0.717) is 22.8 Å². The van der Waals surface area contributed by atoms with Crippen LogP contribution in [0.1, 0.15) is 15.9 Å². The standard InChI is InChI=1S/C20H18O4/c1-13-9-10-15-16(11-13)18(22-2)12-17(19(15)23-3)20(21)24-14-7-5-4-6-8-14/h4-12H,1-3H3. The minimum Gasteiger partial charge on any atom is -0.496 e. The van der Waals surface area contributed by atoms with Crippen LogP contribution >= 0.6 is 0 Å². The Kier molecular flexibility index (Phi) is 4.38. The van der Waals surface area contributed by atoms with E-state index in [1.165, 1.54) is 0 Å². The van der Waals surface area contributed by atoms with Crippen molar-refractivity contribution in [2.45, 2.75) is 6.92 Å². The van der Waals surface area contributed by atoms with Crippen LogP contribution in [0.5, 0.6) is 17.2 Å². The smallest absolute Gasteiger partial charge is 0.347 e. The van der Waals surface area contributed by atoms with Crippen molar-refractivity contribution in [2.75, 3.05) is 14.2 Å². The van der Waals surface area contributed by atoms with Crippen LogP contribution in [-0.4, -0.2) is 20.2 Å². The molecule has 0 amide bonds. The average molecular weight is 322 g/mol. The summed E-state index contributed by atoms with van der Waals surface area (Å²) < 4.78 is 16.4. The highest BCUT2D eigenvalue weighted by atomic mass is 16.5. The van der Waals surface area contributed by atoms with Crippen LogP contribution in [-0.2, 0) is 0 Å². The molecule has 0 fully saturated rings. The quantitative estimate of drug-likeness (QED) is 0.528. The van der Waals surface area contributed by atoms with Gasteiger partial charge in [0.1, 0.15) is 22.8 Å². The molecule has 0 bridgehead atoms. The summed E-state index contributed by atoms with van der Waals surface area (Å²) in [6, 6.07) is 16.5. The number of hydrogen-bond acceptors (Lipinski definition) is 4. The summed E-state index contributed by atoms with van der Waals surface area (Å²) in [5.74, 6) is 1.08. The van der Waals surface area contributed by atoms with Crippen molar-refractivity contribution in [1.29, 1.82) is 0 Å². The average Bonchev–Trinajstić information content (AvgIpc) is 2.61. The Morgan fingerprint density at radius 2 is 1.62 bits per heavy atom. The first-order chi connectivity index (χ1) is 11.6. The zero-order valence-electron chi connectivity index (χ0n) is 13.8. The van der Waals surface area contributed by atoms with E-state index in [9.17, 15) is 4.79 Å². The van der Waals surface area contributed by atoms with Gasteiger partial charge in [0.05, 0.1) is 14.2 Å². The number of aryl methyl sites for hydroxylation is 1. The van der Waals surface area contributed by atoms with Gasteiger partial charge in [0.2, 0.25) is 0 Å². The molecule has 0 unspecified atom stereocenters. The van der Waals surface area contributed by atoms with E-state index >= 15 is 0 Å². The molecule has 0 aliphatic carbocycles. The van der Waals surface area contributed by atoms with E-state index in [1.807, 2.05) is 43.3 Å². The first kappa shape index (κ1) is 15.9. The topological polar surface area (TPSA) is 44.8 Å². The van der Waals surface area contributed by atoms with Gasteiger partial charge in [0.15, 0.2) is 0 Å². The summed E-state index contributed by atoms with van der Waals surface area (Å²) in [6.45, 7) is 2.00.